The first-order valence-electron chi connectivity index (χ1n) is 5.13. The van der Waals surface area contributed by atoms with E-state index in [-0.39, 0.29) is 0 Å². The van der Waals surface area contributed by atoms with Gasteiger partial charge in [0.2, 0.25) is 0 Å². The Balaban J connectivity index is 2.25. The van der Waals surface area contributed by atoms with Gasteiger partial charge in [-0.15, -0.1) is 0 Å². The minimum Gasteiger partial charge on any atom is -0.353 e. The molecule has 1 heterocycles. The maximum Gasteiger partial charge on any atom is 0.171 e. The highest BCUT2D eigenvalue weighted by Gasteiger charge is 2.58. The topological polar surface area (TPSA) is 55.1 Å². The minimum atomic E-state index is -0.618. The molecule has 0 aliphatic heterocycles. The summed E-state index contributed by atoms with van der Waals surface area (Å²) in [6, 6.07) is 7.94. The second kappa shape index (κ2) is 3.85. The molecule has 0 amide bonds. The van der Waals surface area contributed by atoms with Gasteiger partial charge < -0.3 is 9.47 Å². The van der Waals surface area contributed by atoms with Gasteiger partial charge >= 0.3 is 0 Å². The smallest absolute Gasteiger partial charge is 0.171 e. The Bertz CT molecular complexity index is 399. The SMILES string of the molecule is COC1(OC)CC(C#N)(c2ccccn2)C1. The van der Waals surface area contributed by atoms with E-state index in [1.165, 1.54) is 0 Å². The van der Waals surface area contributed by atoms with Crippen LogP contribution in [0.1, 0.15) is 18.5 Å². The number of ether oxygens (including phenoxy) is 2. The van der Waals surface area contributed by atoms with Gasteiger partial charge in [-0.05, 0) is 12.1 Å². The number of nitriles is 1. The molecule has 4 nitrogen and oxygen atoms in total. The van der Waals surface area contributed by atoms with Crippen LogP contribution >= 0.6 is 0 Å². The van der Waals surface area contributed by atoms with Crippen molar-refractivity contribution in [2.75, 3.05) is 14.2 Å². The quantitative estimate of drug-likeness (QED) is 0.723. The first kappa shape index (κ1) is 11.1. The summed E-state index contributed by atoms with van der Waals surface area (Å²) in [7, 11) is 3.20. The van der Waals surface area contributed by atoms with Gasteiger partial charge in [-0.3, -0.25) is 4.98 Å². The number of methoxy groups -OCH3 is 2. The Morgan fingerprint density at radius 2 is 2.00 bits per heavy atom. The van der Waals surface area contributed by atoms with Crippen LogP contribution in [0.5, 0.6) is 0 Å². The number of aromatic nitrogens is 1. The van der Waals surface area contributed by atoms with E-state index in [0.29, 0.717) is 12.8 Å². The minimum absolute atomic E-state index is 0.528. The van der Waals surface area contributed by atoms with Gasteiger partial charge in [0, 0.05) is 33.3 Å². The van der Waals surface area contributed by atoms with Crippen molar-refractivity contribution < 1.29 is 9.47 Å². The molecule has 1 saturated carbocycles. The van der Waals surface area contributed by atoms with Crippen molar-refractivity contribution in [3.63, 3.8) is 0 Å². The van der Waals surface area contributed by atoms with E-state index in [0.717, 1.165) is 5.69 Å². The standard InChI is InChI=1S/C12H14N2O2/c1-15-12(16-2)7-11(8-12,9-13)10-5-3-4-6-14-10/h3-6H,7-8H2,1-2H3. The molecule has 0 atom stereocenters. The average Bonchev–Trinajstić information content (AvgIpc) is 2.31. The molecule has 0 aromatic carbocycles. The highest BCUT2D eigenvalue weighted by atomic mass is 16.7. The normalized spacial score (nSPS) is 20.8. The van der Waals surface area contributed by atoms with Gasteiger partial charge in [0.25, 0.3) is 0 Å². The van der Waals surface area contributed by atoms with E-state index >= 15 is 0 Å². The molecule has 0 radical (unpaired) electrons. The average molecular weight is 218 g/mol. The van der Waals surface area contributed by atoms with Crippen molar-refractivity contribution in [1.29, 1.82) is 5.26 Å². The van der Waals surface area contributed by atoms with Gasteiger partial charge in [0.05, 0.1) is 11.8 Å². The van der Waals surface area contributed by atoms with E-state index in [9.17, 15) is 5.26 Å². The molecule has 1 aromatic heterocycles. The summed E-state index contributed by atoms with van der Waals surface area (Å²) >= 11 is 0. The molecular weight excluding hydrogens is 204 g/mol. The molecule has 0 saturated heterocycles. The van der Waals surface area contributed by atoms with Gasteiger partial charge in [0.1, 0.15) is 5.41 Å². The number of hydrogen-bond acceptors (Lipinski definition) is 4. The Morgan fingerprint density at radius 3 is 2.44 bits per heavy atom. The lowest BCUT2D eigenvalue weighted by Crippen LogP contribution is -2.56. The van der Waals surface area contributed by atoms with Crippen LogP contribution in [-0.4, -0.2) is 25.0 Å². The van der Waals surface area contributed by atoms with Crippen LogP contribution in [0.4, 0.5) is 0 Å². The highest BCUT2D eigenvalue weighted by molar-refractivity contribution is 5.32. The van der Waals surface area contributed by atoms with Crippen LogP contribution in [0.25, 0.3) is 0 Å². The van der Waals surface area contributed by atoms with Crippen molar-refractivity contribution in [3.8, 4) is 6.07 Å². The Labute approximate surface area is 94.8 Å². The maximum absolute atomic E-state index is 9.31. The lowest BCUT2D eigenvalue weighted by Gasteiger charge is -2.49. The van der Waals surface area contributed by atoms with Crippen molar-refractivity contribution in [3.05, 3.63) is 30.1 Å². The lowest BCUT2D eigenvalue weighted by atomic mass is 9.63. The zero-order chi connectivity index (χ0) is 11.6. The predicted molar refractivity (Wildman–Crippen MR) is 57.5 cm³/mol. The Hall–Kier alpha value is -1.44. The van der Waals surface area contributed by atoms with E-state index in [4.69, 9.17) is 9.47 Å². The largest absolute Gasteiger partial charge is 0.353 e. The third-order valence-corrected chi connectivity index (χ3v) is 3.26. The lowest BCUT2D eigenvalue weighted by molar-refractivity contribution is -0.270. The molecule has 0 unspecified atom stereocenters. The fourth-order valence-corrected chi connectivity index (χ4v) is 2.20. The fourth-order valence-electron chi connectivity index (χ4n) is 2.20. The number of pyridine rings is 1. The Kier molecular flexibility index (Phi) is 2.66. The highest BCUT2D eigenvalue weighted by Crippen LogP contribution is 2.51. The summed E-state index contributed by atoms with van der Waals surface area (Å²) in [5.74, 6) is -0.618. The molecule has 1 aliphatic rings. The van der Waals surface area contributed by atoms with Crippen LogP contribution in [0.15, 0.2) is 24.4 Å². The van der Waals surface area contributed by atoms with Crippen LogP contribution in [0.3, 0.4) is 0 Å². The molecule has 1 aliphatic carbocycles. The summed E-state index contributed by atoms with van der Waals surface area (Å²) in [5, 5.41) is 9.31. The van der Waals surface area contributed by atoms with E-state index in [2.05, 4.69) is 11.1 Å². The molecule has 0 bridgehead atoms. The zero-order valence-electron chi connectivity index (χ0n) is 9.43. The number of rotatable bonds is 3. The zero-order valence-corrected chi connectivity index (χ0v) is 9.43. The molecule has 1 fully saturated rings. The summed E-state index contributed by atoms with van der Waals surface area (Å²) in [4.78, 5) is 4.24. The third-order valence-electron chi connectivity index (χ3n) is 3.26. The van der Waals surface area contributed by atoms with Crippen LogP contribution in [-0.2, 0) is 14.9 Å². The van der Waals surface area contributed by atoms with E-state index in [1.807, 2.05) is 18.2 Å². The number of hydrogen-bond donors (Lipinski definition) is 0. The van der Waals surface area contributed by atoms with Crippen LogP contribution < -0.4 is 0 Å². The van der Waals surface area contributed by atoms with Gasteiger partial charge in [0.15, 0.2) is 5.79 Å². The van der Waals surface area contributed by atoms with Crippen molar-refractivity contribution in [2.24, 2.45) is 0 Å². The monoisotopic (exact) mass is 218 g/mol. The molecule has 1 aromatic rings. The molecule has 0 N–H and O–H groups in total. The van der Waals surface area contributed by atoms with Crippen molar-refractivity contribution in [1.82, 2.24) is 4.98 Å². The van der Waals surface area contributed by atoms with E-state index in [1.54, 1.807) is 20.4 Å². The Morgan fingerprint density at radius 1 is 1.31 bits per heavy atom. The molecule has 2 rings (SSSR count). The van der Waals surface area contributed by atoms with Crippen molar-refractivity contribution >= 4 is 0 Å². The summed E-state index contributed by atoms with van der Waals surface area (Å²) in [6.07, 6.45) is 2.76. The molecular formula is C12H14N2O2. The third kappa shape index (κ3) is 1.49. The predicted octanol–water partition coefficient (Wildman–Crippen LogP) is 1.63. The fraction of sp³-hybridized carbons (Fsp3) is 0.500. The number of nitrogens with zero attached hydrogens (tertiary/aromatic N) is 2. The van der Waals surface area contributed by atoms with Crippen molar-refractivity contribution in [2.45, 2.75) is 24.0 Å². The first-order chi connectivity index (χ1) is 7.70. The van der Waals surface area contributed by atoms with Gasteiger partial charge in [-0.25, -0.2) is 0 Å². The van der Waals surface area contributed by atoms with Crippen LogP contribution in [0, 0.1) is 11.3 Å². The molecule has 0 spiro atoms. The maximum atomic E-state index is 9.31. The molecule has 4 heteroatoms. The molecule has 84 valence electrons. The van der Waals surface area contributed by atoms with Gasteiger partial charge in [-0.1, -0.05) is 6.07 Å². The first-order valence-corrected chi connectivity index (χ1v) is 5.13. The summed E-state index contributed by atoms with van der Waals surface area (Å²) in [6.45, 7) is 0. The van der Waals surface area contributed by atoms with Gasteiger partial charge in [-0.2, -0.15) is 5.26 Å². The second-order valence-corrected chi connectivity index (χ2v) is 4.08. The molecule has 16 heavy (non-hydrogen) atoms. The summed E-state index contributed by atoms with van der Waals surface area (Å²) in [5.41, 5.74) is 0.232. The van der Waals surface area contributed by atoms with Crippen LogP contribution in [0.2, 0.25) is 0 Å². The second-order valence-electron chi connectivity index (χ2n) is 4.08. The van der Waals surface area contributed by atoms with E-state index < -0.39 is 11.2 Å². The summed E-state index contributed by atoms with van der Waals surface area (Å²) < 4.78 is 10.6.